The fourth-order valence-electron chi connectivity index (χ4n) is 2.95. The van der Waals surface area contributed by atoms with Crippen LogP contribution in [0.3, 0.4) is 0 Å². The molecule has 0 saturated heterocycles. The number of rotatable bonds is 4. The fraction of sp³-hybridized carbons (Fsp3) is 0.150. The number of non-ortho nitro benzene ring substituents is 1. The van der Waals surface area contributed by atoms with Crippen molar-refractivity contribution in [3.05, 3.63) is 78.7 Å². The molecule has 1 heterocycles. The Bertz CT molecular complexity index is 1070. The van der Waals surface area contributed by atoms with Crippen molar-refractivity contribution in [1.29, 1.82) is 0 Å². The number of benzene rings is 2. The summed E-state index contributed by atoms with van der Waals surface area (Å²) in [4.78, 5) is 14.7. The van der Waals surface area contributed by atoms with Crippen LogP contribution >= 0.6 is 22.6 Å². The number of phenolic OH excluding ortho intramolecular Hbond substituents is 1. The molecule has 2 aromatic carbocycles. The highest BCUT2D eigenvalue weighted by molar-refractivity contribution is 14.1. The van der Waals surface area contributed by atoms with Crippen LogP contribution in [0.1, 0.15) is 22.5 Å². The molecule has 0 aliphatic rings. The third-order valence-electron chi connectivity index (χ3n) is 4.38. The molecule has 0 saturated carbocycles. The van der Waals surface area contributed by atoms with E-state index >= 15 is 0 Å². The molecule has 0 radical (unpaired) electrons. The van der Waals surface area contributed by atoms with Crippen LogP contribution in [0.5, 0.6) is 5.75 Å². The van der Waals surface area contributed by atoms with Crippen LogP contribution in [0.25, 0.3) is 5.69 Å². The predicted octanol–water partition coefficient (Wildman–Crippen LogP) is 5.37. The van der Waals surface area contributed by atoms with E-state index in [-0.39, 0.29) is 17.1 Å². The number of hydrogen-bond acceptors (Lipinski definition) is 4. The molecule has 0 aliphatic heterocycles. The lowest BCUT2D eigenvalue weighted by Gasteiger charge is -2.11. The van der Waals surface area contributed by atoms with Crippen molar-refractivity contribution in [3.8, 4) is 11.4 Å². The van der Waals surface area contributed by atoms with Crippen LogP contribution in [0.4, 0.5) is 11.4 Å². The Morgan fingerprint density at radius 2 is 1.89 bits per heavy atom. The molecule has 27 heavy (non-hydrogen) atoms. The molecule has 7 heteroatoms. The molecule has 0 spiro atoms. The van der Waals surface area contributed by atoms with Gasteiger partial charge in [0.25, 0.3) is 5.69 Å². The van der Waals surface area contributed by atoms with Crippen molar-refractivity contribution in [2.45, 2.75) is 20.8 Å². The lowest BCUT2D eigenvalue weighted by atomic mass is 10.2. The number of aromatic nitrogens is 1. The average Bonchev–Trinajstić information content (AvgIpc) is 2.90. The van der Waals surface area contributed by atoms with E-state index in [9.17, 15) is 15.2 Å². The van der Waals surface area contributed by atoms with Gasteiger partial charge in [0.1, 0.15) is 11.4 Å². The van der Waals surface area contributed by atoms with Crippen molar-refractivity contribution < 1.29 is 10.0 Å². The first-order chi connectivity index (χ1) is 12.8. The van der Waals surface area contributed by atoms with Gasteiger partial charge in [0.2, 0.25) is 0 Å². The molecular weight excluding hydrogens is 457 g/mol. The summed E-state index contributed by atoms with van der Waals surface area (Å²) in [5.74, 6) is -0.0982. The summed E-state index contributed by atoms with van der Waals surface area (Å²) in [6.45, 7) is 6.09. The van der Waals surface area contributed by atoms with Crippen molar-refractivity contribution in [1.82, 2.24) is 4.57 Å². The van der Waals surface area contributed by atoms with Crippen molar-refractivity contribution in [2.24, 2.45) is 4.99 Å². The first kappa shape index (κ1) is 19.1. The van der Waals surface area contributed by atoms with Gasteiger partial charge in [0.05, 0.1) is 4.92 Å². The van der Waals surface area contributed by atoms with Gasteiger partial charge in [-0.2, -0.15) is 0 Å². The third-order valence-corrected chi connectivity index (χ3v) is 5.59. The molecule has 3 rings (SSSR count). The van der Waals surface area contributed by atoms with E-state index in [1.165, 1.54) is 27.3 Å². The summed E-state index contributed by atoms with van der Waals surface area (Å²) in [5.41, 5.74) is 5.27. The van der Waals surface area contributed by atoms with Gasteiger partial charge in [-0.25, -0.2) is 0 Å². The zero-order chi connectivity index (χ0) is 19.7. The fourth-order valence-corrected chi connectivity index (χ4v) is 3.29. The molecule has 0 aliphatic carbocycles. The van der Waals surface area contributed by atoms with E-state index in [1.807, 2.05) is 19.9 Å². The van der Waals surface area contributed by atoms with Crippen LogP contribution in [0, 0.1) is 34.5 Å². The Kier molecular flexibility index (Phi) is 5.31. The van der Waals surface area contributed by atoms with Crippen LogP contribution in [0.15, 0.2) is 47.5 Å². The number of aryl methyl sites for hydroxylation is 2. The minimum Gasteiger partial charge on any atom is -0.506 e. The molecule has 138 valence electrons. The highest BCUT2D eigenvalue weighted by atomic mass is 127. The summed E-state index contributed by atoms with van der Waals surface area (Å²) in [7, 11) is 0. The molecule has 0 bridgehead atoms. The summed E-state index contributed by atoms with van der Waals surface area (Å²) >= 11 is 2.31. The van der Waals surface area contributed by atoms with E-state index in [1.54, 1.807) is 6.21 Å². The Morgan fingerprint density at radius 3 is 2.56 bits per heavy atom. The van der Waals surface area contributed by atoms with E-state index in [4.69, 9.17) is 0 Å². The number of nitrogens with zero attached hydrogens (tertiary/aromatic N) is 3. The highest BCUT2D eigenvalue weighted by Crippen LogP contribution is 2.31. The van der Waals surface area contributed by atoms with Gasteiger partial charge < -0.3 is 9.67 Å². The zero-order valence-electron chi connectivity index (χ0n) is 15.1. The lowest BCUT2D eigenvalue weighted by molar-refractivity contribution is -0.384. The van der Waals surface area contributed by atoms with E-state index in [0.29, 0.717) is 0 Å². The molecule has 6 nitrogen and oxygen atoms in total. The standard InChI is InChI=1S/C20H18IN3O3/c1-12-8-16(4-6-18(12)21)23-13(2)9-15(14(23)3)11-22-19-10-17(24(26)27)5-7-20(19)25/h4-11,25H,1-3H3. The monoisotopic (exact) mass is 475 g/mol. The number of aliphatic imine (C=N–C) groups is 1. The van der Waals surface area contributed by atoms with E-state index in [2.05, 4.69) is 57.3 Å². The van der Waals surface area contributed by atoms with Gasteiger partial charge in [-0.1, -0.05) is 0 Å². The largest absolute Gasteiger partial charge is 0.506 e. The first-order valence-corrected chi connectivity index (χ1v) is 9.32. The van der Waals surface area contributed by atoms with Gasteiger partial charge in [-0.15, -0.1) is 0 Å². The number of hydrogen-bond donors (Lipinski definition) is 1. The van der Waals surface area contributed by atoms with Gasteiger partial charge in [0, 0.05) is 44.6 Å². The number of nitro groups is 1. The van der Waals surface area contributed by atoms with Crippen LogP contribution < -0.4 is 0 Å². The number of aromatic hydroxyl groups is 1. The maximum absolute atomic E-state index is 10.9. The molecular formula is C20H18IN3O3. The maximum atomic E-state index is 10.9. The quantitative estimate of drug-likeness (QED) is 0.239. The topological polar surface area (TPSA) is 80.7 Å². The molecule has 3 aromatic rings. The average molecular weight is 475 g/mol. The van der Waals surface area contributed by atoms with Crippen LogP contribution in [-0.2, 0) is 0 Å². The summed E-state index contributed by atoms with van der Waals surface area (Å²) in [6, 6.07) is 12.1. The third kappa shape index (κ3) is 3.87. The molecule has 0 unspecified atom stereocenters. The zero-order valence-corrected chi connectivity index (χ0v) is 17.3. The SMILES string of the molecule is Cc1cc(-n2c(C)cc(C=Nc3cc([N+](=O)[O-])ccc3O)c2C)ccc1I. The van der Waals surface area contributed by atoms with Crippen molar-refractivity contribution in [2.75, 3.05) is 0 Å². The second-order valence-corrected chi connectivity index (χ2v) is 7.45. The summed E-state index contributed by atoms with van der Waals surface area (Å²) < 4.78 is 3.35. The van der Waals surface area contributed by atoms with Gasteiger partial charge in [0.15, 0.2) is 0 Å². The van der Waals surface area contributed by atoms with E-state index < -0.39 is 4.92 Å². The molecule has 1 N–H and O–H groups in total. The number of phenols is 1. The number of nitro benzene ring substituents is 1. The summed E-state index contributed by atoms with van der Waals surface area (Å²) in [6.07, 6.45) is 1.62. The molecule has 0 amide bonds. The second-order valence-electron chi connectivity index (χ2n) is 6.28. The molecule has 0 atom stereocenters. The van der Waals surface area contributed by atoms with Gasteiger partial charge in [-0.3, -0.25) is 15.1 Å². The minimum atomic E-state index is -0.510. The Morgan fingerprint density at radius 1 is 1.15 bits per heavy atom. The van der Waals surface area contributed by atoms with Gasteiger partial charge in [-0.05, 0) is 79.3 Å². The Labute approximate surface area is 170 Å². The minimum absolute atomic E-state index is 0.0982. The second kappa shape index (κ2) is 7.51. The summed E-state index contributed by atoms with van der Waals surface area (Å²) in [5, 5.41) is 20.8. The smallest absolute Gasteiger partial charge is 0.271 e. The number of halogens is 1. The van der Waals surface area contributed by atoms with Crippen molar-refractivity contribution in [3.63, 3.8) is 0 Å². The molecule has 0 fully saturated rings. The lowest BCUT2D eigenvalue weighted by Crippen LogP contribution is -2.00. The maximum Gasteiger partial charge on any atom is 0.271 e. The van der Waals surface area contributed by atoms with Crippen LogP contribution in [0.2, 0.25) is 0 Å². The first-order valence-electron chi connectivity index (χ1n) is 8.25. The highest BCUT2D eigenvalue weighted by Gasteiger charge is 2.12. The molecule has 1 aromatic heterocycles. The Balaban J connectivity index is 2.00. The van der Waals surface area contributed by atoms with Gasteiger partial charge >= 0.3 is 0 Å². The van der Waals surface area contributed by atoms with E-state index in [0.717, 1.165) is 22.6 Å². The predicted molar refractivity (Wildman–Crippen MR) is 115 cm³/mol. The van der Waals surface area contributed by atoms with Crippen LogP contribution in [-0.4, -0.2) is 20.8 Å². The van der Waals surface area contributed by atoms with Crippen molar-refractivity contribution >= 4 is 40.2 Å². The Hall–Kier alpha value is -2.68. The normalized spacial score (nSPS) is 11.3.